The maximum Gasteiger partial charge on any atom is 0.324 e. The van der Waals surface area contributed by atoms with E-state index in [1.807, 2.05) is 44.2 Å². The zero-order valence-corrected chi connectivity index (χ0v) is 18.6. The summed E-state index contributed by atoms with van der Waals surface area (Å²) in [5, 5.41) is 9.68. The SMILES string of the molecule is CCN(CC)C(=O)N(C)c1ccc(COc2cc(F)cc(N3CCC(O)CC3)c2)cc1. The molecule has 0 aliphatic carbocycles. The van der Waals surface area contributed by atoms with Crippen LogP contribution in [-0.2, 0) is 6.61 Å². The molecule has 2 amide bonds. The first kappa shape index (κ1) is 22.9. The first-order chi connectivity index (χ1) is 14.9. The summed E-state index contributed by atoms with van der Waals surface area (Å²) < 4.78 is 20.0. The fourth-order valence-corrected chi connectivity index (χ4v) is 3.74. The van der Waals surface area contributed by atoms with Crippen molar-refractivity contribution < 1.29 is 19.0 Å². The normalized spacial score (nSPS) is 14.4. The van der Waals surface area contributed by atoms with Crippen LogP contribution in [0.25, 0.3) is 0 Å². The van der Waals surface area contributed by atoms with Crippen LogP contribution < -0.4 is 14.5 Å². The molecule has 1 N–H and O–H groups in total. The number of piperidine rings is 1. The highest BCUT2D eigenvalue weighted by Crippen LogP contribution is 2.27. The van der Waals surface area contributed by atoms with Crippen LogP contribution in [0.1, 0.15) is 32.3 Å². The van der Waals surface area contributed by atoms with Gasteiger partial charge in [-0.05, 0) is 50.5 Å². The third kappa shape index (κ3) is 5.88. The molecule has 1 heterocycles. The summed E-state index contributed by atoms with van der Waals surface area (Å²) in [5.74, 6) is 0.129. The predicted molar refractivity (Wildman–Crippen MR) is 121 cm³/mol. The molecule has 0 radical (unpaired) electrons. The standard InChI is InChI=1S/C24H32FN3O3/c1-4-27(5-2)24(30)26(3)20-8-6-18(7-9-20)17-31-23-15-19(25)14-21(16-23)28-12-10-22(29)11-13-28/h6-9,14-16,22,29H,4-5,10-13,17H2,1-3H3. The lowest BCUT2D eigenvalue weighted by atomic mass is 10.1. The minimum atomic E-state index is -0.342. The molecule has 0 unspecified atom stereocenters. The molecule has 1 aliphatic rings. The van der Waals surface area contributed by atoms with Gasteiger partial charge in [0.25, 0.3) is 0 Å². The molecule has 0 spiro atoms. The summed E-state index contributed by atoms with van der Waals surface area (Å²) in [4.78, 5) is 18.0. The van der Waals surface area contributed by atoms with Crippen molar-refractivity contribution in [2.75, 3.05) is 43.0 Å². The first-order valence-corrected chi connectivity index (χ1v) is 10.9. The van der Waals surface area contributed by atoms with Crippen LogP contribution in [0, 0.1) is 5.82 Å². The molecular weight excluding hydrogens is 397 g/mol. The first-order valence-electron chi connectivity index (χ1n) is 10.9. The van der Waals surface area contributed by atoms with Crippen molar-refractivity contribution >= 4 is 17.4 Å². The van der Waals surface area contributed by atoms with Gasteiger partial charge in [0.2, 0.25) is 0 Å². The van der Waals surface area contributed by atoms with Gasteiger partial charge < -0.3 is 19.6 Å². The smallest absolute Gasteiger partial charge is 0.324 e. The van der Waals surface area contributed by atoms with Gasteiger partial charge in [0.15, 0.2) is 0 Å². The molecule has 1 fully saturated rings. The quantitative estimate of drug-likeness (QED) is 0.714. The molecule has 1 aliphatic heterocycles. The fraction of sp³-hybridized carbons (Fsp3) is 0.458. The van der Waals surface area contributed by atoms with E-state index < -0.39 is 0 Å². The van der Waals surface area contributed by atoms with Crippen LogP contribution in [0.4, 0.5) is 20.6 Å². The van der Waals surface area contributed by atoms with E-state index in [-0.39, 0.29) is 18.0 Å². The molecule has 7 heteroatoms. The number of carbonyl (C=O) groups excluding carboxylic acids is 1. The monoisotopic (exact) mass is 429 g/mol. The topological polar surface area (TPSA) is 56.2 Å². The lowest BCUT2D eigenvalue weighted by Gasteiger charge is -2.31. The van der Waals surface area contributed by atoms with Gasteiger partial charge in [-0.1, -0.05) is 12.1 Å². The van der Waals surface area contributed by atoms with E-state index >= 15 is 0 Å². The number of hydrogen-bond donors (Lipinski definition) is 1. The third-order valence-electron chi connectivity index (χ3n) is 5.74. The Morgan fingerprint density at radius 2 is 1.77 bits per heavy atom. The lowest BCUT2D eigenvalue weighted by molar-refractivity contribution is 0.145. The van der Waals surface area contributed by atoms with Gasteiger partial charge in [0.05, 0.1) is 6.10 Å². The van der Waals surface area contributed by atoms with Crippen LogP contribution >= 0.6 is 0 Å². The molecule has 2 aromatic rings. The van der Waals surface area contributed by atoms with E-state index in [1.54, 1.807) is 16.8 Å². The highest BCUT2D eigenvalue weighted by Gasteiger charge is 2.19. The zero-order valence-electron chi connectivity index (χ0n) is 18.6. The molecule has 31 heavy (non-hydrogen) atoms. The minimum Gasteiger partial charge on any atom is -0.489 e. The van der Waals surface area contributed by atoms with Crippen LogP contribution in [0.15, 0.2) is 42.5 Å². The highest BCUT2D eigenvalue weighted by atomic mass is 19.1. The Morgan fingerprint density at radius 3 is 2.39 bits per heavy atom. The number of aliphatic hydroxyl groups excluding tert-OH is 1. The zero-order chi connectivity index (χ0) is 22.4. The van der Waals surface area contributed by atoms with Crippen molar-refractivity contribution in [2.24, 2.45) is 0 Å². The average molecular weight is 430 g/mol. The highest BCUT2D eigenvalue weighted by molar-refractivity contribution is 5.91. The summed E-state index contributed by atoms with van der Waals surface area (Å²) >= 11 is 0. The maximum atomic E-state index is 14.1. The number of nitrogens with zero attached hydrogens (tertiary/aromatic N) is 3. The summed E-state index contributed by atoms with van der Waals surface area (Å²) in [6.07, 6.45) is 1.10. The second-order valence-electron chi connectivity index (χ2n) is 7.83. The molecular formula is C24H32FN3O3. The van der Waals surface area contributed by atoms with Gasteiger partial charge in [-0.2, -0.15) is 0 Å². The Labute approximate surface area is 183 Å². The summed E-state index contributed by atoms with van der Waals surface area (Å²) in [5.41, 5.74) is 2.51. The van der Waals surface area contributed by atoms with Crippen molar-refractivity contribution in [2.45, 2.75) is 39.4 Å². The average Bonchev–Trinajstić information content (AvgIpc) is 2.78. The second-order valence-corrected chi connectivity index (χ2v) is 7.83. The molecule has 168 valence electrons. The Kier molecular flexibility index (Phi) is 7.74. The Balaban J connectivity index is 1.62. The summed E-state index contributed by atoms with van der Waals surface area (Å²) in [7, 11) is 1.76. The molecule has 6 nitrogen and oxygen atoms in total. The van der Waals surface area contributed by atoms with E-state index in [0.717, 1.165) is 16.9 Å². The Morgan fingerprint density at radius 1 is 1.13 bits per heavy atom. The van der Waals surface area contributed by atoms with E-state index in [2.05, 4.69) is 4.90 Å². The van der Waals surface area contributed by atoms with Gasteiger partial charge in [0.1, 0.15) is 18.2 Å². The number of rotatable bonds is 7. The maximum absolute atomic E-state index is 14.1. The number of ether oxygens (including phenoxy) is 1. The van der Waals surface area contributed by atoms with Crippen molar-refractivity contribution in [1.82, 2.24) is 4.90 Å². The Hall–Kier alpha value is -2.80. The Bertz CT molecular complexity index is 863. The largest absolute Gasteiger partial charge is 0.489 e. The van der Waals surface area contributed by atoms with Crippen LogP contribution in [0.3, 0.4) is 0 Å². The minimum absolute atomic E-state index is 0.0356. The lowest BCUT2D eigenvalue weighted by Crippen LogP contribution is -2.41. The molecule has 0 bridgehead atoms. The van der Waals surface area contributed by atoms with Crippen LogP contribution in [0.5, 0.6) is 5.75 Å². The van der Waals surface area contributed by atoms with E-state index in [1.165, 1.54) is 12.1 Å². The molecule has 3 rings (SSSR count). The van der Waals surface area contributed by atoms with Crippen molar-refractivity contribution in [3.63, 3.8) is 0 Å². The van der Waals surface area contributed by atoms with E-state index in [9.17, 15) is 14.3 Å². The number of anilines is 2. The molecule has 1 saturated heterocycles. The molecule has 0 atom stereocenters. The molecule has 0 aromatic heterocycles. The van der Waals surface area contributed by atoms with E-state index in [0.29, 0.717) is 51.4 Å². The number of benzene rings is 2. The van der Waals surface area contributed by atoms with Crippen LogP contribution in [-0.4, -0.2) is 55.4 Å². The number of hydrogen-bond acceptors (Lipinski definition) is 4. The second kappa shape index (κ2) is 10.5. The molecule has 2 aromatic carbocycles. The number of urea groups is 1. The van der Waals surface area contributed by atoms with Gasteiger partial charge >= 0.3 is 6.03 Å². The summed E-state index contributed by atoms with van der Waals surface area (Å²) in [6.45, 7) is 6.95. The van der Waals surface area contributed by atoms with Crippen molar-refractivity contribution in [3.8, 4) is 5.75 Å². The van der Waals surface area contributed by atoms with Gasteiger partial charge in [-0.15, -0.1) is 0 Å². The number of halogens is 1. The number of amides is 2. The van der Waals surface area contributed by atoms with E-state index in [4.69, 9.17) is 4.74 Å². The molecule has 0 saturated carbocycles. The van der Waals surface area contributed by atoms with Crippen LogP contribution in [0.2, 0.25) is 0 Å². The van der Waals surface area contributed by atoms with Gasteiger partial charge in [0, 0.05) is 56.7 Å². The number of carbonyl (C=O) groups is 1. The fourth-order valence-electron chi connectivity index (χ4n) is 3.74. The van der Waals surface area contributed by atoms with Crippen molar-refractivity contribution in [1.29, 1.82) is 0 Å². The van der Waals surface area contributed by atoms with Gasteiger partial charge in [-0.3, -0.25) is 4.90 Å². The third-order valence-corrected chi connectivity index (χ3v) is 5.74. The van der Waals surface area contributed by atoms with Crippen molar-refractivity contribution in [3.05, 3.63) is 53.8 Å². The predicted octanol–water partition coefficient (Wildman–Crippen LogP) is 4.26. The van der Waals surface area contributed by atoms with Gasteiger partial charge in [-0.25, -0.2) is 9.18 Å². The summed E-state index contributed by atoms with van der Waals surface area (Å²) in [6, 6.07) is 12.3. The number of aliphatic hydroxyl groups is 1.